The molecule has 0 unspecified atom stereocenters. The van der Waals surface area contributed by atoms with Crippen molar-refractivity contribution in [3.8, 4) is 0 Å². The van der Waals surface area contributed by atoms with Gasteiger partial charge in [0.15, 0.2) is 0 Å². The molecule has 1 aromatic heterocycles. The Hall–Kier alpha value is -3.74. The van der Waals surface area contributed by atoms with Crippen LogP contribution in [-0.4, -0.2) is 21.8 Å². The Morgan fingerprint density at radius 2 is 1.75 bits per heavy atom. The van der Waals surface area contributed by atoms with E-state index in [0.29, 0.717) is 18.1 Å². The van der Waals surface area contributed by atoms with E-state index in [9.17, 15) is 9.59 Å². The summed E-state index contributed by atoms with van der Waals surface area (Å²) < 4.78 is 0. The van der Waals surface area contributed by atoms with E-state index in [-0.39, 0.29) is 17.5 Å². The lowest BCUT2D eigenvalue weighted by Crippen LogP contribution is -2.24. The average molecular weight is 375 g/mol. The third-order valence-corrected chi connectivity index (χ3v) is 3.88. The van der Waals surface area contributed by atoms with E-state index < -0.39 is 0 Å². The third kappa shape index (κ3) is 5.38. The van der Waals surface area contributed by atoms with Crippen LogP contribution in [0.2, 0.25) is 0 Å². The van der Waals surface area contributed by atoms with Crippen molar-refractivity contribution in [3.05, 3.63) is 77.7 Å². The monoisotopic (exact) mass is 375 g/mol. The minimum Gasteiger partial charge on any atom is -0.347 e. The summed E-state index contributed by atoms with van der Waals surface area (Å²) in [5, 5.41) is 8.64. The molecule has 0 aliphatic heterocycles. The Kier molecular flexibility index (Phi) is 5.96. The topological polar surface area (TPSA) is 96.0 Å². The molecule has 0 aliphatic carbocycles. The first-order valence-corrected chi connectivity index (χ1v) is 8.80. The molecule has 7 heteroatoms. The van der Waals surface area contributed by atoms with Gasteiger partial charge in [-0.05, 0) is 30.7 Å². The lowest BCUT2D eigenvalue weighted by Gasteiger charge is -2.09. The second-order valence-electron chi connectivity index (χ2n) is 6.35. The number of aromatic nitrogens is 2. The maximum Gasteiger partial charge on any atom is 0.271 e. The molecule has 0 bridgehead atoms. The molecule has 0 aliphatic rings. The standard InChI is InChI=1S/C21H21N5O2/c1-14-5-3-6-16(9-14)11-24-21(28)19-12-23-20(13-22-19)26-18-8-4-7-17(10-18)25-15(2)27/h3-10,12-13H,11H2,1-2H3,(H,23,26)(H,24,28)(H,25,27). The first-order chi connectivity index (χ1) is 13.5. The van der Waals surface area contributed by atoms with Crippen LogP contribution in [0.4, 0.5) is 17.2 Å². The molecule has 142 valence electrons. The molecule has 3 aromatic rings. The Balaban J connectivity index is 1.60. The Labute approximate surface area is 163 Å². The predicted octanol–water partition coefficient (Wildman–Crippen LogP) is 3.42. The van der Waals surface area contributed by atoms with Crippen LogP contribution in [0.3, 0.4) is 0 Å². The largest absolute Gasteiger partial charge is 0.347 e. The van der Waals surface area contributed by atoms with Crippen molar-refractivity contribution in [2.75, 3.05) is 10.6 Å². The highest BCUT2D eigenvalue weighted by Gasteiger charge is 2.08. The molecule has 0 radical (unpaired) electrons. The van der Waals surface area contributed by atoms with Crippen molar-refractivity contribution in [2.45, 2.75) is 20.4 Å². The van der Waals surface area contributed by atoms with Crippen LogP contribution < -0.4 is 16.0 Å². The first-order valence-electron chi connectivity index (χ1n) is 8.80. The molecule has 7 nitrogen and oxygen atoms in total. The van der Waals surface area contributed by atoms with Gasteiger partial charge in [-0.3, -0.25) is 9.59 Å². The van der Waals surface area contributed by atoms with Crippen molar-refractivity contribution in [1.82, 2.24) is 15.3 Å². The fourth-order valence-electron chi connectivity index (χ4n) is 2.63. The zero-order valence-corrected chi connectivity index (χ0v) is 15.7. The minimum absolute atomic E-state index is 0.141. The number of carbonyl (C=O) groups excluding carboxylic acids is 2. The molecule has 3 N–H and O–H groups in total. The van der Waals surface area contributed by atoms with Crippen LogP contribution in [0.5, 0.6) is 0 Å². The number of carbonyl (C=O) groups is 2. The van der Waals surface area contributed by atoms with Gasteiger partial charge in [-0.1, -0.05) is 35.9 Å². The number of aryl methyl sites for hydroxylation is 1. The number of rotatable bonds is 6. The summed E-state index contributed by atoms with van der Waals surface area (Å²) >= 11 is 0. The molecular weight excluding hydrogens is 354 g/mol. The molecule has 0 fully saturated rings. The number of hydrogen-bond acceptors (Lipinski definition) is 5. The Bertz CT molecular complexity index is 986. The maximum atomic E-state index is 12.2. The number of nitrogens with one attached hydrogen (secondary N) is 3. The normalized spacial score (nSPS) is 10.2. The molecule has 0 saturated carbocycles. The summed E-state index contributed by atoms with van der Waals surface area (Å²) in [7, 11) is 0. The minimum atomic E-state index is -0.284. The van der Waals surface area contributed by atoms with Crippen molar-refractivity contribution in [2.24, 2.45) is 0 Å². The van der Waals surface area contributed by atoms with Crippen molar-refractivity contribution >= 4 is 29.0 Å². The fraction of sp³-hybridized carbons (Fsp3) is 0.143. The third-order valence-electron chi connectivity index (χ3n) is 3.88. The zero-order valence-electron chi connectivity index (χ0n) is 15.7. The van der Waals surface area contributed by atoms with Gasteiger partial charge in [-0.15, -0.1) is 0 Å². The van der Waals surface area contributed by atoms with Gasteiger partial charge in [-0.2, -0.15) is 0 Å². The second-order valence-corrected chi connectivity index (χ2v) is 6.35. The van der Waals surface area contributed by atoms with Gasteiger partial charge >= 0.3 is 0 Å². The number of amides is 2. The van der Waals surface area contributed by atoms with Gasteiger partial charge < -0.3 is 16.0 Å². The second kappa shape index (κ2) is 8.77. The zero-order chi connectivity index (χ0) is 19.9. The van der Waals surface area contributed by atoms with E-state index in [1.54, 1.807) is 12.1 Å². The molecule has 0 atom stereocenters. The number of nitrogens with zero attached hydrogens (tertiary/aromatic N) is 2. The van der Waals surface area contributed by atoms with Crippen LogP contribution in [0, 0.1) is 6.92 Å². The van der Waals surface area contributed by atoms with E-state index in [1.807, 2.05) is 43.3 Å². The smallest absolute Gasteiger partial charge is 0.271 e. The van der Waals surface area contributed by atoms with Crippen molar-refractivity contribution in [3.63, 3.8) is 0 Å². The summed E-state index contributed by atoms with van der Waals surface area (Å²) in [4.78, 5) is 31.8. The summed E-state index contributed by atoms with van der Waals surface area (Å²) in [6.45, 7) is 3.89. The van der Waals surface area contributed by atoms with E-state index in [1.165, 1.54) is 19.3 Å². The molecule has 28 heavy (non-hydrogen) atoms. The van der Waals surface area contributed by atoms with E-state index in [0.717, 1.165) is 16.8 Å². The highest BCUT2D eigenvalue weighted by atomic mass is 16.2. The van der Waals surface area contributed by atoms with E-state index in [4.69, 9.17) is 0 Å². The lowest BCUT2D eigenvalue weighted by molar-refractivity contribution is -0.114. The van der Waals surface area contributed by atoms with Gasteiger partial charge in [0, 0.05) is 24.8 Å². The number of anilines is 3. The first kappa shape index (κ1) is 19.0. The molecule has 0 spiro atoms. The fourth-order valence-corrected chi connectivity index (χ4v) is 2.63. The van der Waals surface area contributed by atoms with Gasteiger partial charge in [-0.25, -0.2) is 9.97 Å². The Morgan fingerprint density at radius 3 is 2.46 bits per heavy atom. The lowest BCUT2D eigenvalue weighted by atomic mass is 10.1. The molecule has 1 heterocycles. The van der Waals surface area contributed by atoms with Gasteiger partial charge in [0.2, 0.25) is 5.91 Å². The summed E-state index contributed by atoms with van der Waals surface area (Å²) in [5.41, 5.74) is 3.84. The van der Waals surface area contributed by atoms with Crippen LogP contribution in [0.15, 0.2) is 60.9 Å². The molecule has 3 rings (SSSR count). The predicted molar refractivity (Wildman–Crippen MR) is 108 cm³/mol. The van der Waals surface area contributed by atoms with Crippen molar-refractivity contribution < 1.29 is 9.59 Å². The average Bonchev–Trinajstić information content (AvgIpc) is 2.66. The quantitative estimate of drug-likeness (QED) is 0.613. The molecule has 0 saturated heterocycles. The highest BCUT2D eigenvalue weighted by Crippen LogP contribution is 2.18. The van der Waals surface area contributed by atoms with Gasteiger partial charge in [0.25, 0.3) is 5.91 Å². The maximum absolute atomic E-state index is 12.2. The van der Waals surface area contributed by atoms with Crippen LogP contribution in [0.1, 0.15) is 28.5 Å². The van der Waals surface area contributed by atoms with Crippen LogP contribution >= 0.6 is 0 Å². The van der Waals surface area contributed by atoms with Gasteiger partial charge in [0.1, 0.15) is 11.5 Å². The number of benzene rings is 2. The molecule has 2 aromatic carbocycles. The number of hydrogen-bond donors (Lipinski definition) is 3. The summed E-state index contributed by atoms with van der Waals surface area (Å²) in [6.07, 6.45) is 2.91. The molecular formula is C21H21N5O2. The van der Waals surface area contributed by atoms with Gasteiger partial charge in [0.05, 0.1) is 12.4 Å². The van der Waals surface area contributed by atoms with Crippen molar-refractivity contribution in [1.29, 1.82) is 0 Å². The summed E-state index contributed by atoms with van der Waals surface area (Å²) in [6, 6.07) is 15.2. The van der Waals surface area contributed by atoms with E-state index in [2.05, 4.69) is 25.9 Å². The SMILES string of the molecule is CC(=O)Nc1cccc(Nc2cnc(C(=O)NCc3cccc(C)c3)cn2)c1. The van der Waals surface area contributed by atoms with E-state index >= 15 is 0 Å². The Morgan fingerprint density at radius 1 is 0.964 bits per heavy atom. The summed E-state index contributed by atoms with van der Waals surface area (Å²) in [5.74, 6) is 0.0707. The van der Waals surface area contributed by atoms with Crippen LogP contribution in [-0.2, 0) is 11.3 Å². The highest BCUT2D eigenvalue weighted by molar-refractivity contribution is 5.92. The van der Waals surface area contributed by atoms with Crippen LogP contribution in [0.25, 0.3) is 0 Å². The molecule has 2 amide bonds.